The zero-order valence-corrected chi connectivity index (χ0v) is 8.28. The molecule has 0 atom stereocenters. The van der Waals surface area contributed by atoms with Gasteiger partial charge < -0.3 is 4.84 Å². The molecule has 0 saturated carbocycles. The quantitative estimate of drug-likeness (QED) is 0.716. The lowest BCUT2D eigenvalue weighted by Crippen LogP contribution is -2.24. The molecule has 2 aromatic rings. The fourth-order valence-corrected chi connectivity index (χ4v) is 1.66. The number of benzene rings is 1. The van der Waals surface area contributed by atoms with Crippen molar-refractivity contribution in [3.63, 3.8) is 0 Å². The molecular weight excluding hydrogens is 202 g/mol. The summed E-state index contributed by atoms with van der Waals surface area (Å²) < 4.78 is 1.21. The highest BCUT2D eigenvalue weighted by atomic mass is 35.5. The summed E-state index contributed by atoms with van der Waals surface area (Å²) in [4.78, 5) is 16.4. The molecule has 0 spiro atoms. The van der Waals surface area contributed by atoms with E-state index in [4.69, 9.17) is 16.4 Å². The molecule has 0 radical (unpaired) electrons. The lowest BCUT2D eigenvalue weighted by molar-refractivity contribution is 0.169. The van der Waals surface area contributed by atoms with Gasteiger partial charge in [0.2, 0.25) is 0 Å². The Morgan fingerprint density at radius 1 is 1.36 bits per heavy atom. The molecule has 1 aromatic carbocycles. The molecule has 0 aliphatic rings. The van der Waals surface area contributed by atoms with E-state index in [1.807, 2.05) is 18.2 Å². The number of rotatable bonds is 1. The fraction of sp³-hybridized carbons (Fsp3) is 0.100. The number of halogens is 1. The molecular formula is C10H8ClNO2. The first-order valence-electron chi connectivity index (χ1n) is 4.09. The van der Waals surface area contributed by atoms with Crippen LogP contribution in [0.1, 0.15) is 0 Å². The Morgan fingerprint density at radius 3 is 2.79 bits per heavy atom. The Bertz CT molecular complexity index is 533. The van der Waals surface area contributed by atoms with Crippen LogP contribution in [0.2, 0.25) is 5.02 Å². The fourth-order valence-electron chi connectivity index (χ4n) is 1.40. The second-order valence-corrected chi connectivity index (χ2v) is 3.23. The summed E-state index contributed by atoms with van der Waals surface area (Å²) in [6.45, 7) is 0. The molecule has 3 nitrogen and oxygen atoms in total. The highest BCUT2D eigenvalue weighted by Gasteiger charge is 2.05. The van der Waals surface area contributed by atoms with Crippen LogP contribution in [0.4, 0.5) is 0 Å². The first kappa shape index (κ1) is 9.09. The minimum Gasteiger partial charge on any atom is -0.413 e. The Balaban J connectivity index is 2.98. The maximum atomic E-state index is 11.4. The topological polar surface area (TPSA) is 31.2 Å². The molecule has 0 aliphatic carbocycles. The van der Waals surface area contributed by atoms with Crippen molar-refractivity contribution < 1.29 is 4.84 Å². The van der Waals surface area contributed by atoms with Gasteiger partial charge in [0.1, 0.15) is 7.11 Å². The maximum absolute atomic E-state index is 11.4. The number of para-hydroxylation sites is 1. The van der Waals surface area contributed by atoms with Crippen LogP contribution in [-0.2, 0) is 0 Å². The standard InChI is InChI=1S/C10H8ClNO2/c1-14-12-9-5-3-2-4-7(9)8(11)6-10(12)13/h2-6H,1H3. The predicted molar refractivity (Wildman–Crippen MR) is 55.7 cm³/mol. The second kappa shape index (κ2) is 3.35. The van der Waals surface area contributed by atoms with Crippen molar-refractivity contribution in [2.45, 2.75) is 0 Å². The van der Waals surface area contributed by atoms with Gasteiger partial charge >= 0.3 is 0 Å². The van der Waals surface area contributed by atoms with E-state index < -0.39 is 0 Å². The number of nitrogens with zero attached hydrogens (tertiary/aromatic N) is 1. The number of hydrogen-bond donors (Lipinski definition) is 0. The smallest absolute Gasteiger partial charge is 0.285 e. The summed E-state index contributed by atoms with van der Waals surface area (Å²) in [5, 5.41) is 1.24. The third-order valence-electron chi connectivity index (χ3n) is 2.01. The Kier molecular flexibility index (Phi) is 2.17. The van der Waals surface area contributed by atoms with E-state index in [1.165, 1.54) is 17.9 Å². The van der Waals surface area contributed by atoms with Crippen molar-refractivity contribution in [2.24, 2.45) is 0 Å². The monoisotopic (exact) mass is 209 g/mol. The summed E-state index contributed by atoms with van der Waals surface area (Å²) in [5.74, 6) is 0. The van der Waals surface area contributed by atoms with E-state index in [0.717, 1.165) is 5.39 Å². The molecule has 1 aromatic heterocycles. The summed E-state index contributed by atoms with van der Waals surface area (Å²) in [6, 6.07) is 8.65. The molecule has 0 fully saturated rings. The van der Waals surface area contributed by atoms with E-state index >= 15 is 0 Å². The third kappa shape index (κ3) is 1.26. The number of hydrogen-bond acceptors (Lipinski definition) is 2. The van der Waals surface area contributed by atoms with Gasteiger partial charge in [0.25, 0.3) is 5.56 Å². The van der Waals surface area contributed by atoms with Crippen LogP contribution in [0.25, 0.3) is 10.9 Å². The van der Waals surface area contributed by atoms with Gasteiger partial charge in [-0.05, 0) is 6.07 Å². The van der Waals surface area contributed by atoms with Gasteiger partial charge in [-0.25, -0.2) is 0 Å². The zero-order valence-electron chi connectivity index (χ0n) is 7.53. The Labute approximate surface area is 85.4 Å². The van der Waals surface area contributed by atoms with E-state index in [0.29, 0.717) is 10.5 Å². The molecule has 0 unspecified atom stereocenters. The molecule has 0 amide bonds. The predicted octanol–water partition coefficient (Wildman–Crippen LogP) is 1.71. The van der Waals surface area contributed by atoms with Crippen molar-refractivity contribution in [2.75, 3.05) is 7.11 Å². The molecule has 72 valence electrons. The SMILES string of the molecule is COn1c(=O)cc(Cl)c2ccccc21. The van der Waals surface area contributed by atoms with E-state index in [1.54, 1.807) is 6.07 Å². The average Bonchev–Trinajstić information content (AvgIpc) is 2.18. The lowest BCUT2D eigenvalue weighted by atomic mass is 10.2. The van der Waals surface area contributed by atoms with Crippen molar-refractivity contribution >= 4 is 22.5 Å². The Morgan fingerprint density at radius 2 is 2.07 bits per heavy atom. The molecule has 14 heavy (non-hydrogen) atoms. The van der Waals surface area contributed by atoms with Gasteiger partial charge in [-0.3, -0.25) is 4.79 Å². The summed E-state index contributed by atoms with van der Waals surface area (Å²) in [7, 11) is 1.45. The van der Waals surface area contributed by atoms with Crippen LogP contribution >= 0.6 is 11.6 Å². The van der Waals surface area contributed by atoms with Gasteiger partial charge in [-0.2, -0.15) is 0 Å². The molecule has 0 aliphatic heterocycles. The minimum absolute atomic E-state index is 0.267. The van der Waals surface area contributed by atoms with Gasteiger partial charge in [0, 0.05) is 11.5 Å². The van der Waals surface area contributed by atoms with Crippen molar-refractivity contribution in [3.8, 4) is 0 Å². The van der Waals surface area contributed by atoms with E-state index in [2.05, 4.69) is 0 Å². The first-order chi connectivity index (χ1) is 6.74. The Hall–Kier alpha value is -1.48. The lowest BCUT2D eigenvalue weighted by Gasteiger charge is -2.08. The molecule has 0 bridgehead atoms. The van der Waals surface area contributed by atoms with Gasteiger partial charge in [-0.1, -0.05) is 29.8 Å². The van der Waals surface area contributed by atoms with Crippen molar-refractivity contribution in [1.82, 2.24) is 4.73 Å². The first-order valence-corrected chi connectivity index (χ1v) is 4.46. The van der Waals surface area contributed by atoms with E-state index in [-0.39, 0.29) is 5.56 Å². The zero-order chi connectivity index (χ0) is 10.1. The van der Waals surface area contributed by atoms with Crippen molar-refractivity contribution in [1.29, 1.82) is 0 Å². The van der Waals surface area contributed by atoms with Crippen LogP contribution in [0, 0.1) is 0 Å². The van der Waals surface area contributed by atoms with Crippen LogP contribution in [-0.4, -0.2) is 11.8 Å². The van der Waals surface area contributed by atoms with Crippen LogP contribution in [0.3, 0.4) is 0 Å². The maximum Gasteiger partial charge on any atom is 0.285 e. The third-order valence-corrected chi connectivity index (χ3v) is 2.33. The largest absolute Gasteiger partial charge is 0.413 e. The number of pyridine rings is 1. The van der Waals surface area contributed by atoms with Gasteiger partial charge in [-0.15, -0.1) is 4.73 Å². The molecule has 0 saturated heterocycles. The molecule has 0 N–H and O–H groups in total. The van der Waals surface area contributed by atoms with Gasteiger partial charge in [0.05, 0.1) is 10.5 Å². The number of fused-ring (bicyclic) bond motifs is 1. The van der Waals surface area contributed by atoms with E-state index in [9.17, 15) is 4.79 Å². The highest BCUT2D eigenvalue weighted by molar-refractivity contribution is 6.35. The number of aromatic nitrogens is 1. The highest BCUT2D eigenvalue weighted by Crippen LogP contribution is 2.19. The minimum atomic E-state index is -0.267. The summed E-state index contributed by atoms with van der Waals surface area (Å²) in [5.41, 5.74) is 0.406. The molecule has 2 rings (SSSR count). The van der Waals surface area contributed by atoms with Gasteiger partial charge in [0.15, 0.2) is 0 Å². The van der Waals surface area contributed by atoms with Crippen molar-refractivity contribution in [3.05, 3.63) is 45.7 Å². The van der Waals surface area contributed by atoms with Crippen LogP contribution in [0.5, 0.6) is 0 Å². The average molecular weight is 210 g/mol. The molecule has 1 heterocycles. The normalized spacial score (nSPS) is 10.4. The second-order valence-electron chi connectivity index (χ2n) is 2.82. The van der Waals surface area contributed by atoms with Crippen LogP contribution in [0.15, 0.2) is 35.1 Å². The summed E-state index contributed by atoms with van der Waals surface area (Å²) >= 11 is 5.92. The summed E-state index contributed by atoms with van der Waals surface area (Å²) in [6.07, 6.45) is 0. The molecule has 4 heteroatoms. The van der Waals surface area contributed by atoms with Crippen LogP contribution < -0.4 is 10.4 Å².